The molecule has 0 bridgehead atoms. The zero-order valence-electron chi connectivity index (χ0n) is 8.99. The summed E-state index contributed by atoms with van der Waals surface area (Å²) in [5.74, 6) is 0.967. The summed E-state index contributed by atoms with van der Waals surface area (Å²) in [6, 6.07) is 8.15. The molecule has 0 N–H and O–H groups in total. The van der Waals surface area contributed by atoms with E-state index in [9.17, 15) is 0 Å². The van der Waals surface area contributed by atoms with Gasteiger partial charge in [-0.3, -0.25) is 0 Å². The van der Waals surface area contributed by atoms with Crippen LogP contribution in [0.4, 0.5) is 0 Å². The fourth-order valence-corrected chi connectivity index (χ4v) is 1.23. The molecular formula is C13H18O. The van der Waals surface area contributed by atoms with E-state index >= 15 is 0 Å². The van der Waals surface area contributed by atoms with Gasteiger partial charge in [-0.15, -0.1) is 0 Å². The summed E-state index contributed by atoms with van der Waals surface area (Å²) < 4.78 is 5.58. The van der Waals surface area contributed by atoms with Crippen LogP contribution in [0.25, 0.3) is 0 Å². The third kappa shape index (κ3) is 4.13. The normalized spacial score (nSPS) is 10.7. The number of ether oxygens (including phenoxy) is 1. The van der Waals surface area contributed by atoms with Crippen molar-refractivity contribution in [2.75, 3.05) is 6.61 Å². The maximum atomic E-state index is 5.58. The van der Waals surface area contributed by atoms with Crippen molar-refractivity contribution >= 4 is 0 Å². The second-order valence-electron chi connectivity index (χ2n) is 3.33. The zero-order valence-corrected chi connectivity index (χ0v) is 8.99. The lowest BCUT2D eigenvalue weighted by atomic mass is 10.2. The molecule has 0 atom stereocenters. The molecule has 0 spiro atoms. The molecule has 0 radical (unpaired) electrons. The molecule has 0 saturated carbocycles. The average Bonchev–Trinajstić information content (AvgIpc) is 2.18. The third-order valence-electron chi connectivity index (χ3n) is 1.95. The minimum atomic E-state index is 0.764. The van der Waals surface area contributed by atoms with Gasteiger partial charge in [-0.2, -0.15) is 0 Å². The van der Waals surface area contributed by atoms with Crippen molar-refractivity contribution < 1.29 is 4.74 Å². The summed E-state index contributed by atoms with van der Waals surface area (Å²) in [5.41, 5.74) is 1.24. The SMILES string of the molecule is CC/C=C\CCOc1cccc(C)c1. The topological polar surface area (TPSA) is 9.23 Å². The smallest absolute Gasteiger partial charge is 0.119 e. The van der Waals surface area contributed by atoms with Crippen LogP contribution in [0.5, 0.6) is 5.75 Å². The van der Waals surface area contributed by atoms with Gasteiger partial charge in [0.15, 0.2) is 0 Å². The first-order valence-corrected chi connectivity index (χ1v) is 5.17. The Kier molecular flexibility index (Phi) is 4.84. The average molecular weight is 190 g/mol. The number of hydrogen-bond donors (Lipinski definition) is 0. The number of aryl methyl sites for hydroxylation is 1. The van der Waals surface area contributed by atoms with Crippen LogP contribution in [0.3, 0.4) is 0 Å². The molecule has 1 aromatic carbocycles. The van der Waals surface area contributed by atoms with E-state index in [4.69, 9.17) is 4.74 Å². The van der Waals surface area contributed by atoms with Gasteiger partial charge in [-0.25, -0.2) is 0 Å². The van der Waals surface area contributed by atoms with E-state index in [1.807, 2.05) is 12.1 Å². The number of hydrogen-bond acceptors (Lipinski definition) is 1. The fraction of sp³-hybridized carbons (Fsp3) is 0.385. The number of allylic oxidation sites excluding steroid dienone is 1. The van der Waals surface area contributed by atoms with Crippen molar-refractivity contribution in [3.63, 3.8) is 0 Å². The lowest BCUT2D eigenvalue weighted by molar-refractivity contribution is 0.324. The maximum Gasteiger partial charge on any atom is 0.119 e. The molecule has 0 amide bonds. The van der Waals surface area contributed by atoms with Gasteiger partial charge in [0.1, 0.15) is 5.75 Å². The van der Waals surface area contributed by atoms with E-state index in [-0.39, 0.29) is 0 Å². The molecule has 0 aliphatic rings. The Morgan fingerprint density at radius 2 is 2.14 bits per heavy atom. The van der Waals surface area contributed by atoms with Gasteiger partial charge in [0, 0.05) is 0 Å². The van der Waals surface area contributed by atoms with E-state index in [0.29, 0.717) is 0 Å². The largest absolute Gasteiger partial charge is 0.493 e. The summed E-state index contributed by atoms with van der Waals surface area (Å²) in [6.45, 7) is 4.97. The van der Waals surface area contributed by atoms with Crippen LogP contribution in [0.2, 0.25) is 0 Å². The third-order valence-corrected chi connectivity index (χ3v) is 1.95. The van der Waals surface area contributed by atoms with E-state index in [2.05, 4.69) is 38.1 Å². The standard InChI is InChI=1S/C13H18O/c1-3-4-5-6-10-14-13-9-7-8-12(2)11-13/h4-5,7-9,11H,3,6,10H2,1-2H3/b5-4-. The van der Waals surface area contributed by atoms with Gasteiger partial charge in [-0.1, -0.05) is 31.2 Å². The van der Waals surface area contributed by atoms with E-state index < -0.39 is 0 Å². The van der Waals surface area contributed by atoms with Crippen LogP contribution < -0.4 is 4.74 Å². The molecule has 1 heteroatoms. The summed E-state index contributed by atoms with van der Waals surface area (Å²) in [6.07, 6.45) is 6.42. The highest BCUT2D eigenvalue weighted by molar-refractivity contribution is 5.27. The predicted octanol–water partition coefficient (Wildman–Crippen LogP) is 3.73. The highest BCUT2D eigenvalue weighted by Crippen LogP contribution is 2.12. The Bertz CT molecular complexity index is 289. The molecule has 76 valence electrons. The monoisotopic (exact) mass is 190 g/mol. The van der Waals surface area contributed by atoms with Crippen molar-refractivity contribution in [2.24, 2.45) is 0 Å². The molecule has 0 aliphatic carbocycles. The molecule has 1 nitrogen and oxygen atoms in total. The molecule has 0 aliphatic heterocycles. The fourth-order valence-electron chi connectivity index (χ4n) is 1.23. The molecule has 1 rings (SSSR count). The molecule has 14 heavy (non-hydrogen) atoms. The molecule has 0 aromatic heterocycles. The molecule has 1 aromatic rings. The lowest BCUT2D eigenvalue weighted by Crippen LogP contribution is -1.95. The van der Waals surface area contributed by atoms with Crippen LogP contribution >= 0.6 is 0 Å². The second kappa shape index (κ2) is 6.25. The molecule has 0 fully saturated rings. The Labute approximate surface area is 86.4 Å². The Morgan fingerprint density at radius 1 is 1.29 bits per heavy atom. The Balaban J connectivity index is 2.28. The van der Waals surface area contributed by atoms with Gasteiger partial charge in [0.25, 0.3) is 0 Å². The van der Waals surface area contributed by atoms with Gasteiger partial charge in [0.05, 0.1) is 6.61 Å². The van der Waals surface area contributed by atoms with Gasteiger partial charge < -0.3 is 4.74 Å². The molecular weight excluding hydrogens is 172 g/mol. The quantitative estimate of drug-likeness (QED) is 0.508. The van der Waals surface area contributed by atoms with Gasteiger partial charge >= 0.3 is 0 Å². The first-order chi connectivity index (χ1) is 6.83. The van der Waals surface area contributed by atoms with Crippen LogP contribution in [0.1, 0.15) is 25.3 Å². The molecule has 0 unspecified atom stereocenters. The van der Waals surface area contributed by atoms with Gasteiger partial charge in [0.2, 0.25) is 0 Å². The lowest BCUT2D eigenvalue weighted by Gasteiger charge is -2.04. The first-order valence-electron chi connectivity index (χ1n) is 5.17. The van der Waals surface area contributed by atoms with Crippen LogP contribution in [-0.2, 0) is 0 Å². The summed E-state index contributed by atoms with van der Waals surface area (Å²) >= 11 is 0. The summed E-state index contributed by atoms with van der Waals surface area (Å²) in [5, 5.41) is 0. The maximum absolute atomic E-state index is 5.58. The first kappa shape index (κ1) is 10.8. The highest BCUT2D eigenvalue weighted by Gasteiger charge is 1.91. The second-order valence-corrected chi connectivity index (χ2v) is 3.33. The van der Waals surface area contributed by atoms with Crippen molar-refractivity contribution in [3.05, 3.63) is 42.0 Å². The van der Waals surface area contributed by atoms with Crippen LogP contribution in [0, 0.1) is 6.92 Å². The van der Waals surface area contributed by atoms with Gasteiger partial charge in [-0.05, 0) is 37.5 Å². The van der Waals surface area contributed by atoms with Crippen LogP contribution in [-0.4, -0.2) is 6.61 Å². The highest BCUT2D eigenvalue weighted by atomic mass is 16.5. The van der Waals surface area contributed by atoms with E-state index in [1.54, 1.807) is 0 Å². The van der Waals surface area contributed by atoms with Crippen molar-refractivity contribution in [1.29, 1.82) is 0 Å². The van der Waals surface area contributed by atoms with E-state index in [1.165, 1.54) is 5.56 Å². The van der Waals surface area contributed by atoms with Crippen molar-refractivity contribution in [1.82, 2.24) is 0 Å². The number of benzene rings is 1. The molecule has 0 heterocycles. The Hall–Kier alpha value is -1.24. The van der Waals surface area contributed by atoms with Crippen molar-refractivity contribution in [3.8, 4) is 5.75 Å². The Morgan fingerprint density at radius 3 is 2.86 bits per heavy atom. The number of rotatable bonds is 5. The van der Waals surface area contributed by atoms with E-state index in [0.717, 1.165) is 25.2 Å². The predicted molar refractivity (Wildman–Crippen MR) is 60.7 cm³/mol. The minimum absolute atomic E-state index is 0.764. The molecule has 0 saturated heterocycles. The summed E-state index contributed by atoms with van der Waals surface area (Å²) in [7, 11) is 0. The minimum Gasteiger partial charge on any atom is -0.493 e. The van der Waals surface area contributed by atoms with Crippen molar-refractivity contribution in [2.45, 2.75) is 26.7 Å². The summed E-state index contributed by atoms with van der Waals surface area (Å²) in [4.78, 5) is 0. The zero-order chi connectivity index (χ0) is 10.2. The van der Waals surface area contributed by atoms with Crippen LogP contribution in [0.15, 0.2) is 36.4 Å².